The normalized spacial score (nSPS) is 25.7. The fourth-order valence-electron chi connectivity index (χ4n) is 5.17. The highest BCUT2D eigenvalue weighted by Crippen LogP contribution is 2.49. The van der Waals surface area contributed by atoms with Crippen molar-refractivity contribution in [1.82, 2.24) is 5.32 Å². The van der Waals surface area contributed by atoms with Gasteiger partial charge >= 0.3 is 6.09 Å². The smallest absolute Gasteiger partial charge is 0.407 e. The fourth-order valence-corrected chi connectivity index (χ4v) is 5.17. The average Bonchev–Trinajstić information content (AvgIpc) is 2.72. The van der Waals surface area contributed by atoms with Crippen molar-refractivity contribution in [3.63, 3.8) is 0 Å². The number of nitrogens with one attached hydrogen (secondary N) is 2. The summed E-state index contributed by atoms with van der Waals surface area (Å²) in [7, 11) is 0. The summed E-state index contributed by atoms with van der Waals surface area (Å²) in [6, 6.07) is 7.62. The first-order chi connectivity index (χ1) is 12.9. The van der Waals surface area contributed by atoms with Gasteiger partial charge in [0.15, 0.2) is 0 Å². The molecule has 1 saturated carbocycles. The lowest BCUT2D eigenvalue weighted by atomic mass is 9.82. The maximum Gasteiger partial charge on any atom is 0.407 e. The van der Waals surface area contributed by atoms with Gasteiger partial charge in [0.2, 0.25) is 0 Å². The Morgan fingerprint density at radius 1 is 0.964 bits per heavy atom. The van der Waals surface area contributed by atoms with Gasteiger partial charge < -0.3 is 15.4 Å². The predicted octanol–water partition coefficient (Wildman–Crippen LogP) is 5.89. The minimum Gasteiger partial charge on any atom is -0.444 e. The largest absolute Gasteiger partial charge is 0.444 e. The Hall–Kier alpha value is -1.71. The molecule has 2 aliphatic rings. The zero-order chi connectivity index (χ0) is 20.7. The number of hydrogen-bond donors (Lipinski definition) is 2. The van der Waals surface area contributed by atoms with Crippen LogP contribution in [0.25, 0.3) is 0 Å². The minimum absolute atomic E-state index is 0.215. The van der Waals surface area contributed by atoms with Crippen LogP contribution in [0, 0.1) is 0 Å². The van der Waals surface area contributed by atoms with Crippen LogP contribution in [-0.4, -0.2) is 23.8 Å². The van der Waals surface area contributed by atoms with Gasteiger partial charge in [0.1, 0.15) is 5.60 Å². The molecule has 0 atom stereocenters. The van der Waals surface area contributed by atoms with Gasteiger partial charge in [-0.1, -0.05) is 33.8 Å². The summed E-state index contributed by atoms with van der Waals surface area (Å²) < 4.78 is 5.38. The molecule has 28 heavy (non-hydrogen) atoms. The maximum atomic E-state index is 12.0. The first kappa shape index (κ1) is 21.0. The number of alkyl carbamates (subject to hydrolysis) is 1. The summed E-state index contributed by atoms with van der Waals surface area (Å²) in [5.41, 5.74) is 4.25. The van der Waals surface area contributed by atoms with Crippen LogP contribution in [0.15, 0.2) is 18.2 Å². The number of fused-ring (bicyclic) bond motifs is 1. The van der Waals surface area contributed by atoms with Crippen molar-refractivity contribution in [1.29, 1.82) is 0 Å². The third-order valence-corrected chi connectivity index (χ3v) is 6.18. The van der Waals surface area contributed by atoms with Crippen LogP contribution >= 0.6 is 0 Å². The summed E-state index contributed by atoms with van der Waals surface area (Å²) in [6.07, 6.45) is 4.99. The van der Waals surface area contributed by atoms with E-state index in [4.69, 9.17) is 4.74 Å². The number of hydrogen-bond acceptors (Lipinski definition) is 3. The van der Waals surface area contributed by atoms with Gasteiger partial charge in [-0.3, -0.25) is 0 Å². The van der Waals surface area contributed by atoms with Crippen molar-refractivity contribution in [2.45, 2.75) is 109 Å². The van der Waals surface area contributed by atoms with Crippen molar-refractivity contribution >= 4 is 11.8 Å². The molecule has 1 amide bonds. The number of carbonyl (C=O) groups is 1. The minimum atomic E-state index is -0.446. The van der Waals surface area contributed by atoms with E-state index in [1.165, 1.54) is 23.2 Å². The van der Waals surface area contributed by atoms with Gasteiger partial charge in [-0.25, -0.2) is 4.79 Å². The van der Waals surface area contributed by atoms with Gasteiger partial charge in [0.05, 0.1) is 0 Å². The van der Waals surface area contributed by atoms with Gasteiger partial charge in [-0.05, 0) is 87.0 Å². The lowest BCUT2D eigenvalue weighted by Gasteiger charge is -2.31. The molecule has 156 valence electrons. The lowest BCUT2D eigenvalue weighted by molar-refractivity contribution is 0.0492. The molecule has 2 aliphatic carbocycles. The van der Waals surface area contributed by atoms with Crippen LogP contribution in [0.5, 0.6) is 0 Å². The van der Waals surface area contributed by atoms with E-state index < -0.39 is 5.60 Å². The molecule has 0 saturated heterocycles. The van der Waals surface area contributed by atoms with Gasteiger partial charge in [-0.2, -0.15) is 0 Å². The summed E-state index contributed by atoms with van der Waals surface area (Å²) in [6.45, 7) is 15.1. The SMILES string of the molecule is CC(C)(C)OC(=O)NC1CCC(Nc2ccc3c(c2)C(C)(C)CC3(C)C)CC1. The Morgan fingerprint density at radius 3 is 2.14 bits per heavy atom. The molecule has 1 aromatic rings. The van der Waals surface area contributed by atoms with E-state index in [1.807, 2.05) is 20.8 Å². The number of benzene rings is 1. The Kier molecular flexibility index (Phi) is 5.46. The summed E-state index contributed by atoms with van der Waals surface area (Å²) in [4.78, 5) is 12.0. The molecular weight excluding hydrogens is 348 g/mol. The Balaban J connectivity index is 1.55. The van der Waals surface area contributed by atoms with E-state index in [9.17, 15) is 4.79 Å². The van der Waals surface area contributed by atoms with E-state index in [1.54, 1.807) is 0 Å². The third-order valence-electron chi connectivity index (χ3n) is 6.18. The van der Waals surface area contributed by atoms with Crippen molar-refractivity contribution in [2.24, 2.45) is 0 Å². The first-order valence-electron chi connectivity index (χ1n) is 10.8. The zero-order valence-electron chi connectivity index (χ0n) is 18.7. The summed E-state index contributed by atoms with van der Waals surface area (Å²) in [5, 5.41) is 6.77. The van der Waals surface area contributed by atoms with Crippen LogP contribution in [0.3, 0.4) is 0 Å². The molecule has 4 nitrogen and oxygen atoms in total. The average molecular weight is 387 g/mol. The highest BCUT2D eigenvalue weighted by atomic mass is 16.6. The van der Waals surface area contributed by atoms with E-state index in [2.05, 4.69) is 56.5 Å². The molecule has 1 aromatic carbocycles. The summed E-state index contributed by atoms with van der Waals surface area (Å²) in [5.74, 6) is 0. The molecular formula is C24H38N2O2. The predicted molar refractivity (Wildman–Crippen MR) is 116 cm³/mol. The second-order valence-electron chi connectivity index (χ2n) is 11.0. The highest BCUT2D eigenvalue weighted by Gasteiger charge is 2.41. The van der Waals surface area contributed by atoms with Crippen LogP contribution in [-0.2, 0) is 15.6 Å². The number of amides is 1. The zero-order valence-corrected chi connectivity index (χ0v) is 18.7. The van der Waals surface area contributed by atoms with E-state index in [0.29, 0.717) is 6.04 Å². The van der Waals surface area contributed by atoms with Gasteiger partial charge in [-0.15, -0.1) is 0 Å². The summed E-state index contributed by atoms with van der Waals surface area (Å²) >= 11 is 0. The number of anilines is 1. The molecule has 1 fully saturated rings. The number of rotatable bonds is 3. The van der Waals surface area contributed by atoms with E-state index in [-0.39, 0.29) is 23.0 Å². The molecule has 4 heteroatoms. The Labute approximate surface area is 170 Å². The third kappa shape index (κ3) is 4.82. The van der Waals surface area contributed by atoms with Crippen LogP contribution in [0.4, 0.5) is 10.5 Å². The van der Waals surface area contributed by atoms with Gasteiger partial charge in [0.25, 0.3) is 0 Å². The fraction of sp³-hybridized carbons (Fsp3) is 0.708. The van der Waals surface area contributed by atoms with Crippen molar-refractivity contribution in [2.75, 3.05) is 5.32 Å². The number of ether oxygens (including phenoxy) is 1. The molecule has 3 rings (SSSR count). The molecule has 0 radical (unpaired) electrons. The van der Waals surface area contributed by atoms with Crippen molar-refractivity contribution < 1.29 is 9.53 Å². The van der Waals surface area contributed by atoms with Crippen LogP contribution < -0.4 is 10.6 Å². The second kappa shape index (κ2) is 7.27. The van der Waals surface area contributed by atoms with Crippen LogP contribution in [0.1, 0.15) is 91.7 Å². The quantitative estimate of drug-likeness (QED) is 0.680. The Bertz CT molecular complexity index is 723. The molecule has 0 aromatic heterocycles. The lowest BCUT2D eigenvalue weighted by Crippen LogP contribution is -2.42. The standard InChI is InChI=1S/C24H38N2O2/c1-22(2,3)28-21(27)26-17-10-8-16(9-11-17)25-18-12-13-19-20(14-18)24(6,7)15-23(19,4)5/h12-14,16-17,25H,8-11,15H2,1-7H3,(H,26,27). The molecule has 2 N–H and O–H groups in total. The van der Waals surface area contributed by atoms with Crippen LogP contribution in [0.2, 0.25) is 0 Å². The van der Waals surface area contributed by atoms with Crippen molar-refractivity contribution in [3.8, 4) is 0 Å². The molecule has 0 bridgehead atoms. The van der Waals surface area contributed by atoms with Crippen molar-refractivity contribution in [3.05, 3.63) is 29.3 Å². The number of carbonyl (C=O) groups excluding carboxylic acids is 1. The second-order valence-corrected chi connectivity index (χ2v) is 11.0. The molecule has 0 spiro atoms. The molecule has 0 aliphatic heterocycles. The van der Waals surface area contributed by atoms with E-state index in [0.717, 1.165) is 25.7 Å². The monoisotopic (exact) mass is 386 g/mol. The first-order valence-corrected chi connectivity index (χ1v) is 10.8. The maximum absolute atomic E-state index is 12.0. The highest BCUT2D eigenvalue weighted by molar-refractivity contribution is 5.68. The van der Waals surface area contributed by atoms with Gasteiger partial charge in [0, 0.05) is 17.8 Å². The molecule has 0 unspecified atom stereocenters. The Morgan fingerprint density at radius 2 is 1.54 bits per heavy atom. The topological polar surface area (TPSA) is 50.4 Å². The van der Waals surface area contributed by atoms with E-state index >= 15 is 0 Å². The molecule has 0 heterocycles.